The number of rotatable bonds is 0. The van der Waals surface area contributed by atoms with E-state index in [0.717, 1.165) is 24.7 Å². The maximum atomic E-state index is 10.3. The summed E-state index contributed by atoms with van der Waals surface area (Å²) < 4.78 is 4.70. The van der Waals surface area contributed by atoms with Crippen LogP contribution in [0.3, 0.4) is 0 Å². The van der Waals surface area contributed by atoms with Crippen LogP contribution in [0.15, 0.2) is 0 Å². The molecule has 0 aliphatic heterocycles. The van der Waals surface area contributed by atoms with E-state index < -0.39 is 0 Å². The Morgan fingerprint density at radius 1 is 1.50 bits per heavy atom. The zero-order valence-corrected chi connectivity index (χ0v) is 7.77. The molecule has 0 heterocycles. The van der Waals surface area contributed by atoms with Gasteiger partial charge in [0.05, 0.1) is 0 Å². The molecule has 0 aliphatic carbocycles. The molecule has 0 saturated heterocycles. The second kappa shape index (κ2) is 2.77. The quantitative estimate of drug-likeness (QED) is 0.581. The Balaban J connectivity index is 3.55. The zero-order chi connectivity index (χ0) is 6.78. The molecule has 45 valence electrons. The second-order valence-corrected chi connectivity index (χ2v) is 3.51. The molecule has 0 atom stereocenters. The van der Waals surface area contributed by atoms with Gasteiger partial charge in [0.2, 0.25) is 0 Å². The van der Waals surface area contributed by atoms with Crippen LogP contribution in [0, 0.1) is 0 Å². The Hall–Kier alpha value is 0.353. The van der Waals surface area contributed by atoms with E-state index in [0.29, 0.717) is 0 Å². The molecule has 0 spiro atoms. The van der Waals surface area contributed by atoms with Crippen molar-refractivity contribution < 1.29 is 34.3 Å². The third-order valence-electron chi connectivity index (χ3n) is 0.399. The van der Waals surface area contributed by atoms with Crippen molar-refractivity contribution in [3.63, 3.8) is 0 Å². The Kier molecular flexibility index (Phi) is 2.89. The summed E-state index contributed by atoms with van der Waals surface area (Å²) in [5.74, 6) is 0. The summed E-state index contributed by atoms with van der Waals surface area (Å²) in [6.45, 7) is 5.57. The molecule has 3 heteroatoms. The van der Waals surface area contributed by atoms with Crippen molar-refractivity contribution >= 4 is 3.68 Å². The molecule has 0 aromatic heterocycles. The van der Waals surface area contributed by atoms with Gasteiger partial charge in [0, 0.05) is 0 Å². The summed E-state index contributed by atoms with van der Waals surface area (Å²) in [6, 6.07) is 0. The molecule has 8 heavy (non-hydrogen) atoms. The fraction of sp³-hybridized carbons (Fsp3) is 0.800. The molecule has 0 aromatic carbocycles. The van der Waals surface area contributed by atoms with Gasteiger partial charge >= 0.3 is 64.3 Å². The summed E-state index contributed by atoms with van der Waals surface area (Å²) in [5, 5.41) is 0. The predicted octanol–water partition coefficient (Wildman–Crippen LogP) is 1.47. The molecule has 0 bridgehead atoms. The van der Waals surface area contributed by atoms with Crippen molar-refractivity contribution in [3.8, 4) is 0 Å². The zero-order valence-electron chi connectivity index (χ0n) is 5.32. The minimum atomic E-state index is -0.305. The van der Waals surface area contributed by atoms with Gasteiger partial charge in [-0.05, 0) is 0 Å². The molecular formula is C5H9O2Zr. The van der Waals surface area contributed by atoms with Gasteiger partial charge in [0.1, 0.15) is 0 Å². The third kappa shape index (κ3) is 6.35. The summed E-state index contributed by atoms with van der Waals surface area (Å²) in [4.78, 5) is 10.3. The van der Waals surface area contributed by atoms with Crippen LogP contribution in [0.1, 0.15) is 20.8 Å². The van der Waals surface area contributed by atoms with Crippen LogP contribution in [0.5, 0.6) is 0 Å². The first-order valence-electron chi connectivity index (χ1n) is 2.36. The standard InChI is InChI=1S/C5H9O2.Zr/c1-5(2,3)7-4-6;/h1-3H3;. The van der Waals surface area contributed by atoms with Gasteiger partial charge in [0.25, 0.3) is 0 Å². The van der Waals surface area contributed by atoms with E-state index in [-0.39, 0.29) is 9.28 Å². The fourth-order valence-corrected chi connectivity index (χ4v) is 1.03. The number of ether oxygens (including phenoxy) is 1. The number of carbonyl (C=O) groups is 1. The average molecular weight is 192 g/mol. The molecule has 0 unspecified atom stereocenters. The van der Waals surface area contributed by atoms with Crippen molar-refractivity contribution in [1.82, 2.24) is 0 Å². The van der Waals surface area contributed by atoms with Gasteiger partial charge in [-0.1, -0.05) is 0 Å². The van der Waals surface area contributed by atoms with E-state index in [2.05, 4.69) is 0 Å². The van der Waals surface area contributed by atoms with Gasteiger partial charge in [0.15, 0.2) is 0 Å². The van der Waals surface area contributed by atoms with E-state index in [1.54, 1.807) is 0 Å². The van der Waals surface area contributed by atoms with Crippen LogP contribution < -0.4 is 0 Å². The molecule has 0 rings (SSSR count). The Morgan fingerprint density at radius 2 is 1.88 bits per heavy atom. The topological polar surface area (TPSA) is 26.3 Å². The number of carbonyl (C=O) groups excluding carboxylic acids is 1. The van der Waals surface area contributed by atoms with Gasteiger partial charge < -0.3 is 0 Å². The Morgan fingerprint density at radius 3 is 1.88 bits per heavy atom. The molecule has 0 radical (unpaired) electrons. The third-order valence-corrected chi connectivity index (χ3v) is 0.650. The molecule has 0 saturated carbocycles. The van der Waals surface area contributed by atoms with Crippen molar-refractivity contribution in [1.29, 1.82) is 0 Å². The summed E-state index contributed by atoms with van der Waals surface area (Å²) in [7, 11) is 0. The summed E-state index contributed by atoms with van der Waals surface area (Å²) >= 11 is 0.812. The fourth-order valence-electron chi connectivity index (χ4n) is 0.278. The van der Waals surface area contributed by atoms with Gasteiger partial charge in [-0.15, -0.1) is 0 Å². The van der Waals surface area contributed by atoms with Crippen molar-refractivity contribution in [3.05, 3.63) is 0 Å². The van der Waals surface area contributed by atoms with Crippen molar-refractivity contribution in [2.24, 2.45) is 0 Å². The molecule has 2 nitrogen and oxygen atoms in total. The Labute approximate surface area is 64.4 Å². The molecule has 0 N–H and O–H groups in total. The molecular weight excluding hydrogens is 183 g/mol. The average Bonchev–Trinajstić information content (AvgIpc) is 1.21. The van der Waals surface area contributed by atoms with Crippen LogP contribution in [-0.2, 0) is 29.5 Å². The molecule has 0 aliphatic rings. The van der Waals surface area contributed by atoms with Crippen molar-refractivity contribution in [2.75, 3.05) is 0 Å². The first kappa shape index (κ1) is 8.35. The van der Waals surface area contributed by atoms with Crippen LogP contribution in [0.25, 0.3) is 0 Å². The monoisotopic (exact) mass is 191 g/mol. The molecule has 0 aromatic rings. The molecule has 0 amide bonds. The summed E-state index contributed by atoms with van der Waals surface area (Å²) in [6.07, 6.45) is 0. The van der Waals surface area contributed by atoms with Gasteiger partial charge in [-0.2, -0.15) is 0 Å². The SMILES string of the molecule is CC(C)(C)O[C](=O)[Zr]. The minimum absolute atomic E-state index is 0.135. The summed E-state index contributed by atoms with van der Waals surface area (Å²) in [5.41, 5.74) is -0.305. The van der Waals surface area contributed by atoms with Gasteiger partial charge in [-0.3, -0.25) is 0 Å². The normalized spacial score (nSPS) is 10.8. The predicted molar refractivity (Wildman–Crippen MR) is 26.2 cm³/mol. The number of hydrogen-bond acceptors (Lipinski definition) is 2. The van der Waals surface area contributed by atoms with Crippen LogP contribution in [0.4, 0.5) is 4.79 Å². The van der Waals surface area contributed by atoms with Crippen molar-refractivity contribution in [2.45, 2.75) is 26.4 Å². The Bertz CT molecular complexity index is 93.1. The van der Waals surface area contributed by atoms with E-state index in [1.165, 1.54) is 0 Å². The first-order chi connectivity index (χ1) is 3.42. The van der Waals surface area contributed by atoms with Crippen LogP contribution >= 0.6 is 0 Å². The van der Waals surface area contributed by atoms with E-state index in [1.807, 2.05) is 20.8 Å². The second-order valence-electron chi connectivity index (χ2n) is 2.50. The van der Waals surface area contributed by atoms with E-state index in [4.69, 9.17) is 4.74 Å². The van der Waals surface area contributed by atoms with Gasteiger partial charge in [-0.25, -0.2) is 0 Å². The molecule has 0 fully saturated rings. The first-order valence-corrected chi connectivity index (χ1v) is 3.59. The van der Waals surface area contributed by atoms with E-state index in [9.17, 15) is 4.79 Å². The number of hydrogen-bond donors (Lipinski definition) is 0. The van der Waals surface area contributed by atoms with Crippen LogP contribution in [0.2, 0.25) is 0 Å². The maximum absolute atomic E-state index is 10.3. The van der Waals surface area contributed by atoms with Crippen LogP contribution in [-0.4, -0.2) is 9.28 Å². The van der Waals surface area contributed by atoms with E-state index >= 15 is 0 Å².